The summed E-state index contributed by atoms with van der Waals surface area (Å²) in [5.74, 6) is 0.451. The Labute approximate surface area is 191 Å². The van der Waals surface area contributed by atoms with Crippen LogP contribution in [0.25, 0.3) is 11.1 Å². The van der Waals surface area contributed by atoms with Crippen molar-refractivity contribution in [3.05, 3.63) is 71.7 Å². The minimum Gasteiger partial charge on any atom is -0.378 e. The van der Waals surface area contributed by atoms with E-state index in [0.717, 1.165) is 11.1 Å². The third-order valence-corrected chi connectivity index (χ3v) is 4.61. The van der Waals surface area contributed by atoms with Crippen molar-refractivity contribution in [1.82, 2.24) is 10.1 Å². The highest BCUT2D eigenvalue weighted by Gasteiger charge is 2.14. The Morgan fingerprint density at radius 1 is 1.18 bits per heavy atom. The lowest BCUT2D eigenvalue weighted by Gasteiger charge is -2.27. The highest BCUT2D eigenvalue weighted by Crippen LogP contribution is 2.25. The van der Waals surface area contributed by atoms with Crippen LogP contribution >= 0.6 is 0 Å². The van der Waals surface area contributed by atoms with E-state index in [0.29, 0.717) is 62.1 Å². The lowest BCUT2D eigenvalue weighted by Crippen LogP contribution is -2.44. The average molecular weight is 477 g/mol. The maximum absolute atomic E-state index is 14.5. The average Bonchev–Trinajstić information content (AvgIpc) is 3.20. The standard InChI is InChI=1S/C21H21FN4O2.CH4O3S/c22-19-13-15(6-7-18(19)16-4-2-1-3-5-16)12-17-14-20(28-25-17)24-21(23)26-8-10-27-11-9-26;1-5(2,3)4/h1-7,13-14H,8-12H2,(H2,23,24);1H3,(H,2,3,4). The van der Waals surface area contributed by atoms with Gasteiger partial charge in [-0.2, -0.15) is 13.4 Å². The van der Waals surface area contributed by atoms with E-state index in [2.05, 4.69) is 10.1 Å². The third-order valence-electron chi connectivity index (χ3n) is 4.61. The summed E-state index contributed by atoms with van der Waals surface area (Å²) < 4.78 is 50.9. The van der Waals surface area contributed by atoms with Gasteiger partial charge in [0.05, 0.1) is 25.2 Å². The van der Waals surface area contributed by atoms with E-state index in [9.17, 15) is 12.8 Å². The Hall–Kier alpha value is -3.28. The smallest absolute Gasteiger partial charge is 0.261 e. The van der Waals surface area contributed by atoms with E-state index < -0.39 is 10.1 Å². The van der Waals surface area contributed by atoms with Crippen molar-refractivity contribution in [2.24, 2.45) is 10.7 Å². The fourth-order valence-corrected chi connectivity index (χ4v) is 3.14. The van der Waals surface area contributed by atoms with Crippen LogP contribution in [-0.2, 0) is 21.3 Å². The largest absolute Gasteiger partial charge is 0.378 e. The van der Waals surface area contributed by atoms with E-state index in [-0.39, 0.29) is 5.82 Å². The van der Waals surface area contributed by atoms with Gasteiger partial charge in [0, 0.05) is 31.1 Å². The van der Waals surface area contributed by atoms with Crippen LogP contribution in [0.3, 0.4) is 0 Å². The normalized spacial score (nSPS) is 14.5. The second kappa shape index (κ2) is 11.0. The zero-order valence-corrected chi connectivity index (χ0v) is 18.8. The Kier molecular flexibility index (Phi) is 8.15. The van der Waals surface area contributed by atoms with Crippen molar-refractivity contribution >= 4 is 22.0 Å². The fourth-order valence-electron chi connectivity index (χ4n) is 3.14. The van der Waals surface area contributed by atoms with Gasteiger partial charge in [0.2, 0.25) is 0 Å². The van der Waals surface area contributed by atoms with Crippen LogP contribution in [0.2, 0.25) is 0 Å². The summed E-state index contributed by atoms with van der Waals surface area (Å²) in [6, 6.07) is 16.4. The molecule has 1 saturated heterocycles. The minimum absolute atomic E-state index is 0.262. The van der Waals surface area contributed by atoms with Crippen LogP contribution < -0.4 is 5.73 Å². The van der Waals surface area contributed by atoms with Gasteiger partial charge in [0.15, 0.2) is 5.96 Å². The molecule has 0 radical (unpaired) electrons. The number of guanidine groups is 1. The van der Waals surface area contributed by atoms with Gasteiger partial charge in [-0.25, -0.2) is 4.39 Å². The van der Waals surface area contributed by atoms with Crippen molar-refractivity contribution in [3.63, 3.8) is 0 Å². The number of morpholine rings is 1. The van der Waals surface area contributed by atoms with Gasteiger partial charge in [0.25, 0.3) is 16.0 Å². The van der Waals surface area contributed by atoms with Crippen molar-refractivity contribution in [1.29, 1.82) is 0 Å². The molecule has 1 aromatic heterocycles. The third kappa shape index (κ3) is 7.97. The monoisotopic (exact) mass is 476 g/mol. The number of hydrogen-bond donors (Lipinski definition) is 2. The highest BCUT2D eigenvalue weighted by molar-refractivity contribution is 7.85. The Morgan fingerprint density at radius 3 is 2.48 bits per heavy atom. The number of benzene rings is 2. The first kappa shape index (κ1) is 24.4. The number of rotatable bonds is 4. The first-order valence-electron chi connectivity index (χ1n) is 10.1. The molecule has 0 aliphatic carbocycles. The molecule has 1 aliphatic rings. The molecule has 1 fully saturated rings. The molecule has 1 aliphatic heterocycles. The SMILES string of the molecule is CS(=O)(=O)O.NC(=Nc1cc(Cc2ccc(-c3ccccc3)c(F)c2)no1)N1CCOCC1. The molecule has 0 spiro atoms. The first-order chi connectivity index (χ1) is 15.7. The van der Waals surface area contributed by atoms with Crippen molar-refractivity contribution < 1.29 is 26.6 Å². The number of nitrogens with zero attached hydrogens (tertiary/aromatic N) is 3. The molecule has 3 N–H and O–H groups in total. The summed E-state index contributed by atoms with van der Waals surface area (Å²) >= 11 is 0. The predicted octanol–water partition coefficient (Wildman–Crippen LogP) is 2.85. The molecule has 4 rings (SSSR count). The maximum atomic E-state index is 14.5. The van der Waals surface area contributed by atoms with Crippen LogP contribution in [0.1, 0.15) is 11.3 Å². The second-order valence-corrected chi connectivity index (χ2v) is 8.78. The topological polar surface area (TPSA) is 131 Å². The minimum atomic E-state index is -3.67. The number of hydrogen-bond acceptors (Lipinski definition) is 6. The van der Waals surface area contributed by atoms with Crippen molar-refractivity contribution in [3.8, 4) is 11.1 Å². The molecule has 2 heterocycles. The molecule has 3 aromatic rings. The van der Waals surface area contributed by atoms with E-state index in [1.807, 2.05) is 41.3 Å². The molecule has 0 bridgehead atoms. The number of nitrogens with two attached hydrogens (primary N) is 1. The number of aromatic nitrogens is 1. The van der Waals surface area contributed by atoms with Crippen LogP contribution in [0, 0.1) is 5.82 Å². The summed E-state index contributed by atoms with van der Waals surface area (Å²) in [7, 11) is -3.67. The van der Waals surface area contributed by atoms with Gasteiger partial charge in [0.1, 0.15) is 5.82 Å². The summed E-state index contributed by atoms with van der Waals surface area (Å²) in [6.45, 7) is 2.65. The van der Waals surface area contributed by atoms with Gasteiger partial charge >= 0.3 is 0 Å². The van der Waals surface area contributed by atoms with Gasteiger partial charge in [-0.05, 0) is 17.2 Å². The molecule has 0 atom stereocenters. The van der Waals surface area contributed by atoms with Crippen LogP contribution in [0.15, 0.2) is 64.1 Å². The van der Waals surface area contributed by atoms with Crippen LogP contribution in [-0.4, -0.2) is 61.5 Å². The van der Waals surface area contributed by atoms with Crippen LogP contribution in [0.4, 0.5) is 10.3 Å². The lowest BCUT2D eigenvalue weighted by molar-refractivity contribution is 0.0675. The second-order valence-electron chi connectivity index (χ2n) is 7.32. The fraction of sp³-hybridized carbons (Fsp3) is 0.273. The summed E-state index contributed by atoms with van der Waals surface area (Å²) in [6.07, 6.45) is 1.16. The zero-order valence-electron chi connectivity index (χ0n) is 18.0. The summed E-state index contributed by atoms with van der Waals surface area (Å²) in [5.41, 5.74) is 8.92. The number of ether oxygens (including phenoxy) is 1. The van der Waals surface area contributed by atoms with Crippen molar-refractivity contribution in [2.45, 2.75) is 6.42 Å². The van der Waals surface area contributed by atoms with E-state index in [1.165, 1.54) is 6.07 Å². The Morgan fingerprint density at radius 2 is 1.85 bits per heavy atom. The highest BCUT2D eigenvalue weighted by atomic mass is 32.2. The molecular formula is C22H25FN4O5S. The molecule has 2 aromatic carbocycles. The number of halogens is 1. The van der Waals surface area contributed by atoms with Gasteiger partial charge in [-0.3, -0.25) is 4.55 Å². The molecule has 11 heteroatoms. The summed E-state index contributed by atoms with van der Waals surface area (Å²) in [5, 5.41) is 4.02. The summed E-state index contributed by atoms with van der Waals surface area (Å²) in [4.78, 5) is 6.21. The molecule has 9 nitrogen and oxygen atoms in total. The molecule has 0 saturated carbocycles. The van der Waals surface area contributed by atoms with Gasteiger partial charge in [-0.15, -0.1) is 0 Å². The van der Waals surface area contributed by atoms with E-state index in [1.54, 1.807) is 12.1 Å². The molecule has 33 heavy (non-hydrogen) atoms. The molecule has 176 valence electrons. The first-order valence-corrected chi connectivity index (χ1v) is 11.9. The Bertz CT molecular complexity index is 1180. The van der Waals surface area contributed by atoms with Crippen molar-refractivity contribution in [2.75, 3.05) is 32.6 Å². The Balaban J connectivity index is 0.000000555. The zero-order chi connectivity index (χ0) is 23.8. The molecule has 0 amide bonds. The lowest BCUT2D eigenvalue weighted by atomic mass is 10.0. The maximum Gasteiger partial charge on any atom is 0.261 e. The van der Waals surface area contributed by atoms with Gasteiger partial charge in [-0.1, -0.05) is 47.6 Å². The van der Waals surface area contributed by atoms with E-state index >= 15 is 0 Å². The van der Waals surface area contributed by atoms with Gasteiger partial charge < -0.3 is 19.9 Å². The molecular weight excluding hydrogens is 451 g/mol. The van der Waals surface area contributed by atoms with E-state index in [4.69, 9.17) is 19.5 Å². The van der Waals surface area contributed by atoms with Crippen LogP contribution in [0.5, 0.6) is 0 Å². The predicted molar refractivity (Wildman–Crippen MR) is 122 cm³/mol. The quantitative estimate of drug-likeness (QED) is 0.334. The number of aliphatic imine (C=N–C) groups is 1. The molecule has 0 unspecified atom stereocenters.